The summed E-state index contributed by atoms with van der Waals surface area (Å²) in [6, 6.07) is 4.10. The molecule has 1 fully saturated rings. The third-order valence-corrected chi connectivity index (χ3v) is 6.81. The maximum absolute atomic E-state index is 12.7. The lowest BCUT2D eigenvalue weighted by molar-refractivity contribution is 0.00210. The average molecular weight is 416 g/mol. The Kier molecular flexibility index (Phi) is 5.26. The zero-order chi connectivity index (χ0) is 19.8. The number of hydrogen-bond donors (Lipinski definition) is 2. The molecule has 8 heteroatoms. The van der Waals surface area contributed by atoms with Gasteiger partial charge in [-0.15, -0.1) is 11.3 Å². The number of aryl methyl sites for hydroxylation is 2. The monoisotopic (exact) mass is 415 g/mol. The summed E-state index contributed by atoms with van der Waals surface area (Å²) >= 11 is 1.66. The van der Waals surface area contributed by atoms with Crippen molar-refractivity contribution in [3.63, 3.8) is 0 Å². The Bertz CT molecular complexity index is 1040. The van der Waals surface area contributed by atoms with Crippen molar-refractivity contribution in [1.29, 1.82) is 0 Å². The summed E-state index contributed by atoms with van der Waals surface area (Å²) in [5, 5.41) is 11.2. The first-order valence-electron chi connectivity index (χ1n) is 10.2. The second-order valence-corrected chi connectivity index (χ2v) is 9.04. The summed E-state index contributed by atoms with van der Waals surface area (Å²) in [5.74, 6) is 1.42. The van der Waals surface area contributed by atoms with Crippen LogP contribution in [0.2, 0.25) is 0 Å². The van der Waals surface area contributed by atoms with Crippen LogP contribution in [0.4, 0.5) is 0 Å². The number of thiophene rings is 1. The van der Waals surface area contributed by atoms with E-state index in [0.29, 0.717) is 31.6 Å². The van der Waals surface area contributed by atoms with E-state index in [2.05, 4.69) is 9.88 Å². The number of H-pyrrole nitrogens is 1. The lowest BCUT2D eigenvalue weighted by atomic mass is 10.2. The molecule has 0 spiro atoms. The molecule has 3 aromatic heterocycles. The number of ether oxygens (including phenoxy) is 1. The fraction of sp³-hybridized carbons (Fsp3) is 0.524. The molecule has 5 rings (SSSR count). The molecular weight excluding hydrogens is 390 g/mol. The van der Waals surface area contributed by atoms with Gasteiger partial charge in [0.1, 0.15) is 23.0 Å². The van der Waals surface area contributed by atoms with Crippen LogP contribution in [0.5, 0.6) is 0 Å². The minimum absolute atomic E-state index is 0.0255. The maximum atomic E-state index is 12.7. The molecule has 0 bridgehead atoms. The van der Waals surface area contributed by atoms with E-state index in [4.69, 9.17) is 14.1 Å². The van der Waals surface area contributed by atoms with E-state index in [9.17, 15) is 9.90 Å². The van der Waals surface area contributed by atoms with Crippen molar-refractivity contribution in [3.05, 3.63) is 50.8 Å². The third kappa shape index (κ3) is 4.16. The molecule has 2 aliphatic carbocycles. The summed E-state index contributed by atoms with van der Waals surface area (Å²) < 4.78 is 10.8. The van der Waals surface area contributed by atoms with Gasteiger partial charge in [0, 0.05) is 17.5 Å². The van der Waals surface area contributed by atoms with Crippen molar-refractivity contribution in [3.8, 4) is 0 Å². The van der Waals surface area contributed by atoms with E-state index in [1.807, 2.05) is 12.1 Å². The first-order valence-corrected chi connectivity index (χ1v) is 11.0. The molecular formula is C21H25N3O4S. The molecule has 3 aromatic rings. The zero-order valence-corrected chi connectivity index (χ0v) is 17.0. The molecule has 2 aliphatic rings. The van der Waals surface area contributed by atoms with Crippen molar-refractivity contribution in [2.45, 2.75) is 57.4 Å². The minimum Gasteiger partial charge on any atom is -0.467 e. The molecule has 2 N–H and O–H groups in total. The van der Waals surface area contributed by atoms with Gasteiger partial charge in [0.25, 0.3) is 5.56 Å². The van der Waals surface area contributed by atoms with Gasteiger partial charge < -0.3 is 19.2 Å². The molecule has 1 unspecified atom stereocenters. The van der Waals surface area contributed by atoms with Gasteiger partial charge in [-0.1, -0.05) is 0 Å². The molecule has 3 heterocycles. The second kappa shape index (κ2) is 8.02. The Morgan fingerprint density at radius 2 is 2.31 bits per heavy atom. The van der Waals surface area contributed by atoms with E-state index in [1.165, 1.54) is 10.4 Å². The highest BCUT2D eigenvalue weighted by atomic mass is 32.1. The number of fused-ring (bicyclic) bond motifs is 3. The van der Waals surface area contributed by atoms with Crippen molar-refractivity contribution < 1.29 is 14.3 Å². The summed E-state index contributed by atoms with van der Waals surface area (Å²) in [6.07, 6.45) is 6.40. The lowest BCUT2D eigenvalue weighted by Crippen LogP contribution is -2.37. The highest BCUT2D eigenvalue weighted by Crippen LogP contribution is 2.34. The number of hydrogen-bond acceptors (Lipinski definition) is 7. The van der Waals surface area contributed by atoms with E-state index >= 15 is 0 Å². The number of aromatic amines is 1. The summed E-state index contributed by atoms with van der Waals surface area (Å²) in [5.41, 5.74) is 1.18. The second-order valence-electron chi connectivity index (χ2n) is 7.96. The van der Waals surface area contributed by atoms with Crippen molar-refractivity contribution in [2.75, 3.05) is 13.2 Å². The van der Waals surface area contributed by atoms with Crippen molar-refractivity contribution >= 4 is 21.6 Å². The average Bonchev–Trinajstić information content (AvgIpc) is 3.06. The topological polar surface area (TPSA) is 91.6 Å². The van der Waals surface area contributed by atoms with Crippen molar-refractivity contribution in [2.24, 2.45) is 0 Å². The number of aliphatic hydroxyl groups is 1. The normalized spacial score (nSPS) is 17.3. The molecule has 1 atom stereocenters. The van der Waals surface area contributed by atoms with Crippen LogP contribution in [-0.4, -0.2) is 45.3 Å². The van der Waals surface area contributed by atoms with Gasteiger partial charge in [0.15, 0.2) is 0 Å². The standard InChI is InChI=1S/C21H25N3O4S/c25-14(11-27-12-15-3-2-8-28-15)9-24(13-6-7-13)10-18-22-20(26)19-16-4-1-5-17(16)29-21(19)23-18/h2-3,8,13-14,25H,1,4-7,9-12H2,(H,22,23,26). The largest absolute Gasteiger partial charge is 0.467 e. The summed E-state index contributed by atoms with van der Waals surface area (Å²) in [6.45, 7) is 1.62. The molecule has 0 saturated heterocycles. The van der Waals surface area contributed by atoms with Gasteiger partial charge in [0.05, 0.1) is 30.9 Å². The van der Waals surface area contributed by atoms with E-state index < -0.39 is 6.10 Å². The zero-order valence-electron chi connectivity index (χ0n) is 16.2. The quantitative estimate of drug-likeness (QED) is 0.558. The number of nitrogens with one attached hydrogen (secondary N) is 1. The predicted molar refractivity (Wildman–Crippen MR) is 110 cm³/mol. The lowest BCUT2D eigenvalue weighted by Gasteiger charge is -2.24. The van der Waals surface area contributed by atoms with Gasteiger partial charge in [-0.3, -0.25) is 9.69 Å². The molecule has 29 heavy (non-hydrogen) atoms. The van der Waals surface area contributed by atoms with Crippen LogP contribution < -0.4 is 5.56 Å². The molecule has 0 aromatic carbocycles. The number of aromatic nitrogens is 2. The van der Waals surface area contributed by atoms with Gasteiger partial charge in [-0.2, -0.15) is 0 Å². The van der Waals surface area contributed by atoms with Gasteiger partial charge in [-0.25, -0.2) is 4.98 Å². The molecule has 154 valence electrons. The number of aliphatic hydroxyl groups excluding tert-OH is 1. The highest BCUT2D eigenvalue weighted by Gasteiger charge is 2.31. The van der Waals surface area contributed by atoms with Crippen LogP contribution in [0.3, 0.4) is 0 Å². The number of nitrogens with zero attached hydrogens (tertiary/aromatic N) is 2. The first-order chi connectivity index (χ1) is 14.2. The Morgan fingerprint density at radius 1 is 1.41 bits per heavy atom. The van der Waals surface area contributed by atoms with Crippen LogP contribution in [0, 0.1) is 0 Å². The van der Waals surface area contributed by atoms with Crippen molar-refractivity contribution in [1.82, 2.24) is 14.9 Å². The molecule has 1 saturated carbocycles. The smallest absolute Gasteiger partial charge is 0.259 e. The van der Waals surface area contributed by atoms with Crippen LogP contribution in [0.1, 0.15) is 41.3 Å². The predicted octanol–water partition coefficient (Wildman–Crippen LogP) is 2.61. The van der Waals surface area contributed by atoms with Crippen LogP contribution >= 0.6 is 11.3 Å². The minimum atomic E-state index is -0.605. The third-order valence-electron chi connectivity index (χ3n) is 5.62. The molecule has 0 amide bonds. The fourth-order valence-corrected chi connectivity index (χ4v) is 5.39. The maximum Gasteiger partial charge on any atom is 0.259 e. The Hall–Kier alpha value is -2.00. The van der Waals surface area contributed by atoms with Crippen LogP contribution in [0.25, 0.3) is 10.2 Å². The van der Waals surface area contributed by atoms with Gasteiger partial charge in [-0.05, 0) is 49.8 Å². The Labute approximate surface area is 172 Å². The number of rotatable bonds is 9. The van der Waals surface area contributed by atoms with Crippen LogP contribution in [0.15, 0.2) is 27.6 Å². The van der Waals surface area contributed by atoms with E-state index in [1.54, 1.807) is 17.6 Å². The molecule has 0 radical (unpaired) electrons. The number of furan rings is 1. The molecule has 7 nitrogen and oxygen atoms in total. The summed E-state index contributed by atoms with van der Waals surface area (Å²) in [7, 11) is 0. The molecule has 0 aliphatic heterocycles. The van der Waals surface area contributed by atoms with Gasteiger partial charge >= 0.3 is 0 Å². The van der Waals surface area contributed by atoms with Gasteiger partial charge in [0.2, 0.25) is 0 Å². The summed E-state index contributed by atoms with van der Waals surface area (Å²) in [4.78, 5) is 24.8. The van der Waals surface area contributed by atoms with Crippen LogP contribution in [-0.2, 0) is 30.7 Å². The Morgan fingerprint density at radius 3 is 3.10 bits per heavy atom. The Balaban J connectivity index is 1.24. The highest BCUT2D eigenvalue weighted by molar-refractivity contribution is 7.18. The fourth-order valence-electron chi connectivity index (χ4n) is 4.11. The van der Waals surface area contributed by atoms with E-state index in [0.717, 1.165) is 48.1 Å². The first kappa shape index (κ1) is 19.0. The van der Waals surface area contributed by atoms with E-state index in [-0.39, 0.29) is 12.2 Å². The SMILES string of the molecule is O=c1[nH]c(CN(CC(O)COCc2ccco2)C2CC2)nc2sc3c(c12)CCC3.